The minimum absolute atomic E-state index is 0.863. The average Bonchev–Trinajstić information content (AvgIpc) is 2.39. The molecule has 0 amide bonds. The van der Waals surface area contributed by atoms with Crippen LogP contribution in [-0.4, -0.2) is 28.2 Å². The Morgan fingerprint density at radius 2 is 1.00 bits per heavy atom. The summed E-state index contributed by atoms with van der Waals surface area (Å²) >= 11 is 0. The maximum atomic E-state index is 6.08. The first-order valence-electron chi connectivity index (χ1n) is 6.30. The van der Waals surface area contributed by atoms with Gasteiger partial charge in [-0.15, -0.1) is 0 Å². The molecule has 3 heteroatoms. The molecule has 0 saturated heterocycles. The SMILES string of the molecule is CN(C)c1ccccc1Oc1ccccc1N(C)C. The van der Waals surface area contributed by atoms with Gasteiger partial charge in [-0.25, -0.2) is 0 Å². The number of benzene rings is 2. The van der Waals surface area contributed by atoms with Crippen LogP contribution in [0.3, 0.4) is 0 Å². The highest BCUT2D eigenvalue weighted by Gasteiger charge is 2.09. The first-order valence-corrected chi connectivity index (χ1v) is 6.30. The van der Waals surface area contributed by atoms with Gasteiger partial charge in [-0.3, -0.25) is 0 Å². The van der Waals surface area contributed by atoms with Gasteiger partial charge in [0.05, 0.1) is 11.4 Å². The molecule has 0 aliphatic rings. The lowest BCUT2D eigenvalue weighted by molar-refractivity contribution is 0.483. The lowest BCUT2D eigenvalue weighted by atomic mass is 10.2. The summed E-state index contributed by atoms with van der Waals surface area (Å²) in [4.78, 5) is 4.10. The molecule has 2 aromatic rings. The first-order chi connectivity index (χ1) is 9.09. The van der Waals surface area contributed by atoms with E-state index in [2.05, 4.69) is 0 Å². The van der Waals surface area contributed by atoms with Gasteiger partial charge < -0.3 is 14.5 Å². The molecule has 2 rings (SSSR count). The number of nitrogens with zero attached hydrogens (tertiary/aromatic N) is 2. The van der Waals surface area contributed by atoms with Gasteiger partial charge in [0.25, 0.3) is 0 Å². The van der Waals surface area contributed by atoms with Crippen molar-refractivity contribution in [2.24, 2.45) is 0 Å². The van der Waals surface area contributed by atoms with Crippen molar-refractivity contribution in [3.05, 3.63) is 48.5 Å². The topological polar surface area (TPSA) is 15.7 Å². The van der Waals surface area contributed by atoms with Crippen LogP contribution in [0.2, 0.25) is 0 Å². The lowest BCUT2D eigenvalue weighted by Gasteiger charge is -2.21. The van der Waals surface area contributed by atoms with E-state index < -0.39 is 0 Å². The monoisotopic (exact) mass is 256 g/mol. The van der Waals surface area contributed by atoms with Crippen molar-refractivity contribution in [2.75, 3.05) is 38.0 Å². The normalized spacial score (nSPS) is 10.1. The van der Waals surface area contributed by atoms with Crippen LogP contribution in [0, 0.1) is 0 Å². The molecular formula is C16H20N2O. The highest BCUT2D eigenvalue weighted by atomic mass is 16.5. The zero-order valence-electron chi connectivity index (χ0n) is 11.9. The third-order valence-corrected chi connectivity index (χ3v) is 2.91. The van der Waals surface area contributed by atoms with E-state index in [4.69, 9.17) is 4.74 Å². The standard InChI is InChI=1S/C16H20N2O/c1-17(2)13-9-5-7-11-15(13)19-16-12-8-6-10-14(16)18(3)4/h5-12H,1-4H3. The molecule has 2 aromatic carbocycles. The van der Waals surface area contributed by atoms with Crippen LogP contribution in [0.25, 0.3) is 0 Å². The molecule has 0 bridgehead atoms. The van der Waals surface area contributed by atoms with E-state index in [1.807, 2.05) is 86.5 Å². The van der Waals surface area contributed by atoms with Crippen LogP contribution < -0.4 is 14.5 Å². The Hall–Kier alpha value is -2.16. The number of ether oxygens (including phenoxy) is 1. The summed E-state index contributed by atoms with van der Waals surface area (Å²) in [6.45, 7) is 0. The molecule has 0 aromatic heterocycles. The summed E-state index contributed by atoms with van der Waals surface area (Å²) in [5.74, 6) is 1.73. The molecule has 0 saturated carbocycles. The maximum Gasteiger partial charge on any atom is 0.150 e. The molecule has 0 heterocycles. The molecule has 0 spiro atoms. The molecule has 0 unspecified atom stereocenters. The largest absolute Gasteiger partial charge is 0.453 e. The summed E-state index contributed by atoms with van der Waals surface area (Å²) in [7, 11) is 8.06. The van der Waals surface area contributed by atoms with Crippen molar-refractivity contribution in [3.8, 4) is 11.5 Å². The predicted molar refractivity (Wildman–Crippen MR) is 81.6 cm³/mol. The molecular weight excluding hydrogens is 236 g/mol. The first kappa shape index (κ1) is 13.3. The van der Waals surface area contributed by atoms with E-state index in [1.54, 1.807) is 0 Å². The number of para-hydroxylation sites is 4. The molecule has 100 valence electrons. The quantitative estimate of drug-likeness (QED) is 0.831. The summed E-state index contributed by atoms with van der Waals surface area (Å²) in [6.07, 6.45) is 0. The summed E-state index contributed by atoms with van der Waals surface area (Å²) in [5, 5.41) is 0. The molecule has 0 aliphatic heterocycles. The highest BCUT2D eigenvalue weighted by molar-refractivity contribution is 5.63. The van der Waals surface area contributed by atoms with Crippen molar-refractivity contribution >= 4 is 11.4 Å². The van der Waals surface area contributed by atoms with E-state index in [0.29, 0.717) is 0 Å². The molecule has 0 radical (unpaired) electrons. The van der Waals surface area contributed by atoms with Gasteiger partial charge in [0.1, 0.15) is 0 Å². The number of anilines is 2. The third kappa shape index (κ3) is 2.99. The van der Waals surface area contributed by atoms with Gasteiger partial charge >= 0.3 is 0 Å². The Bertz CT molecular complexity index is 500. The summed E-state index contributed by atoms with van der Waals surface area (Å²) in [6, 6.07) is 16.1. The molecule has 3 nitrogen and oxygen atoms in total. The molecule has 19 heavy (non-hydrogen) atoms. The fourth-order valence-electron chi connectivity index (χ4n) is 1.94. The molecule has 0 N–H and O–H groups in total. The zero-order chi connectivity index (χ0) is 13.8. The molecule has 0 fully saturated rings. The Kier molecular flexibility index (Phi) is 3.95. The van der Waals surface area contributed by atoms with Gasteiger partial charge in [-0.2, -0.15) is 0 Å². The van der Waals surface area contributed by atoms with E-state index in [-0.39, 0.29) is 0 Å². The second-order valence-electron chi connectivity index (χ2n) is 4.83. The van der Waals surface area contributed by atoms with Crippen molar-refractivity contribution in [1.29, 1.82) is 0 Å². The Morgan fingerprint density at radius 3 is 1.37 bits per heavy atom. The maximum absolute atomic E-state index is 6.08. The van der Waals surface area contributed by atoms with Gasteiger partial charge in [0.2, 0.25) is 0 Å². The minimum atomic E-state index is 0.863. The Morgan fingerprint density at radius 1 is 0.632 bits per heavy atom. The van der Waals surface area contributed by atoms with Crippen molar-refractivity contribution in [2.45, 2.75) is 0 Å². The fourth-order valence-corrected chi connectivity index (χ4v) is 1.94. The van der Waals surface area contributed by atoms with Crippen molar-refractivity contribution < 1.29 is 4.74 Å². The number of hydrogen-bond acceptors (Lipinski definition) is 3. The third-order valence-electron chi connectivity index (χ3n) is 2.91. The van der Waals surface area contributed by atoms with Gasteiger partial charge in [0, 0.05) is 28.2 Å². The van der Waals surface area contributed by atoms with Gasteiger partial charge in [0.15, 0.2) is 11.5 Å². The van der Waals surface area contributed by atoms with Crippen molar-refractivity contribution in [1.82, 2.24) is 0 Å². The zero-order valence-corrected chi connectivity index (χ0v) is 11.9. The number of hydrogen-bond donors (Lipinski definition) is 0. The van der Waals surface area contributed by atoms with Crippen LogP contribution in [0.5, 0.6) is 11.5 Å². The van der Waals surface area contributed by atoms with E-state index >= 15 is 0 Å². The summed E-state index contributed by atoms with van der Waals surface area (Å²) in [5.41, 5.74) is 2.13. The van der Waals surface area contributed by atoms with Crippen LogP contribution >= 0.6 is 0 Å². The van der Waals surface area contributed by atoms with Gasteiger partial charge in [-0.1, -0.05) is 24.3 Å². The Labute approximate surface area is 115 Å². The average molecular weight is 256 g/mol. The second-order valence-corrected chi connectivity index (χ2v) is 4.83. The van der Waals surface area contributed by atoms with Crippen LogP contribution in [0.4, 0.5) is 11.4 Å². The smallest absolute Gasteiger partial charge is 0.150 e. The predicted octanol–water partition coefficient (Wildman–Crippen LogP) is 3.61. The van der Waals surface area contributed by atoms with E-state index in [0.717, 1.165) is 22.9 Å². The number of rotatable bonds is 4. The van der Waals surface area contributed by atoms with Crippen LogP contribution in [0.1, 0.15) is 0 Å². The second kappa shape index (κ2) is 5.65. The summed E-state index contributed by atoms with van der Waals surface area (Å²) < 4.78 is 6.08. The highest BCUT2D eigenvalue weighted by Crippen LogP contribution is 2.35. The lowest BCUT2D eigenvalue weighted by Crippen LogP contribution is -2.11. The van der Waals surface area contributed by atoms with Crippen LogP contribution in [-0.2, 0) is 0 Å². The fraction of sp³-hybridized carbons (Fsp3) is 0.250. The van der Waals surface area contributed by atoms with E-state index in [1.165, 1.54) is 0 Å². The van der Waals surface area contributed by atoms with Crippen molar-refractivity contribution in [3.63, 3.8) is 0 Å². The molecule has 0 aliphatic carbocycles. The minimum Gasteiger partial charge on any atom is -0.453 e. The van der Waals surface area contributed by atoms with Crippen LogP contribution in [0.15, 0.2) is 48.5 Å². The Balaban J connectivity index is 2.37. The van der Waals surface area contributed by atoms with Gasteiger partial charge in [-0.05, 0) is 24.3 Å². The molecule has 0 atom stereocenters. The van der Waals surface area contributed by atoms with E-state index in [9.17, 15) is 0 Å².